The Morgan fingerprint density at radius 3 is 2.32 bits per heavy atom. The molecule has 1 atom stereocenters. The molecule has 0 spiro atoms. The first-order valence-corrected chi connectivity index (χ1v) is 6.30. The molecule has 2 aromatic carbocycles. The zero-order valence-corrected chi connectivity index (χ0v) is 11.2. The molecule has 1 N–H and O–H groups in total. The van der Waals surface area contributed by atoms with Crippen molar-refractivity contribution >= 4 is 23.2 Å². The van der Waals surface area contributed by atoms with Crippen LogP contribution in [0.1, 0.15) is 17.2 Å². The van der Waals surface area contributed by atoms with E-state index in [2.05, 4.69) is 0 Å². The molecule has 0 radical (unpaired) electrons. The van der Waals surface area contributed by atoms with Gasteiger partial charge in [0.15, 0.2) is 0 Å². The van der Waals surface area contributed by atoms with Crippen molar-refractivity contribution in [2.75, 3.05) is 0 Å². The second-order valence-electron chi connectivity index (χ2n) is 4.09. The highest BCUT2D eigenvalue weighted by atomic mass is 35.5. The molecule has 5 heteroatoms. The van der Waals surface area contributed by atoms with Crippen LogP contribution in [0, 0.1) is 11.6 Å². The highest BCUT2D eigenvalue weighted by Crippen LogP contribution is 2.30. The van der Waals surface area contributed by atoms with E-state index < -0.39 is 17.7 Å². The predicted octanol–water partition coefficient (Wildman–Crippen LogP) is 4.55. The number of aliphatic hydroxyl groups is 1. The van der Waals surface area contributed by atoms with E-state index in [1.165, 1.54) is 0 Å². The highest BCUT2D eigenvalue weighted by molar-refractivity contribution is 6.35. The van der Waals surface area contributed by atoms with Gasteiger partial charge in [0.25, 0.3) is 0 Å². The van der Waals surface area contributed by atoms with Gasteiger partial charge in [-0.25, -0.2) is 8.78 Å². The lowest BCUT2D eigenvalue weighted by Gasteiger charge is -2.14. The third-order valence-corrected chi connectivity index (χ3v) is 3.48. The summed E-state index contributed by atoms with van der Waals surface area (Å²) in [5, 5.41) is 10.8. The third kappa shape index (κ3) is 3.24. The van der Waals surface area contributed by atoms with Crippen molar-refractivity contribution < 1.29 is 13.9 Å². The first-order chi connectivity index (χ1) is 8.99. The van der Waals surface area contributed by atoms with Gasteiger partial charge in [-0.3, -0.25) is 0 Å². The molecule has 0 saturated carbocycles. The van der Waals surface area contributed by atoms with Crippen molar-refractivity contribution in [3.8, 4) is 0 Å². The lowest BCUT2D eigenvalue weighted by molar-refractivity contribution is 0.173. The van der Waals surface area contributed by atoms with Crippen LogP contribution < -0.4 is 0 Å². The Morgan fingerprint density at radius 2 is 1.68 bits per heavy atom. The van der Waals surface area contributed by atoms with Gasteiger partial charge in [-0.1, -0.05) is 29.3 Å². The second-order valence-corrected chi connectivity index (χ2v) is 4.90. The minimum atomic E-state index is -1.21. The van der Waals surface area contributed by atoms with Crippen molar-refractivity contribution in [2.24, 2.45) is 0 Å². The molecule has 0 fully saturated rings. The van der Waals surface area contributed by atoms with Crippen LogP contribution in [0.4, 0.5) is 8.78 Å². The van der Waals surface area contributed by atoms with Crippen molar-refractivity contribution in [2.45, 2.75) is 12.5 Å². The number of rotatable bonds is 3. The summed E-state index contributed by atoms with van der Waals surface area (Å²) in [4.78, 5) is 0. The fourth-order valence-corrected chi connectivity index (χ4v) is 2.35. The summed E-state index contributed by atoms with van der Waals surface area (Å²) in [7, 11) is 0. The number of aliphatic hydroxyl groups excluding tert-OH is 1. The van der Waals surface area contributed by atoms with Crippen LogP contribution >= 0.6 is 23.2 Å². The van der Waals surface area contributed by atoms with Gasteiger partial charge < -0.3 is 5.11 Å². The summed E-state index contributed by atoms with van der Waals surface area (Å²) in [6, 6.07) is 7.85. The van der Waals surface area contributed by atoms with E-state index in [0.29, 0.717) is 15.6 Å². The average Bonchev–Trinajstić information content (AvgIpc) is 2.37. The maximum atomic E-state index is 13.5. The van der Waals surface area contributed by atoms with Crippen LogP contribution in [-0.2, 0) is 6.42 Å². The Morgan fingerprint density at radius 1 is 1.05 bits per heavy atom. The van der Waals surface area contributed by atoms with E-state index in [1.807, 2.05) is 0 Å². The van der Waals surface area contributed by atoms with Crippen LogP contribution in [0.15, 0.2) is 36.4 Å². The molecule has 0 amide bonds. The van der Waals surface area contributed by atoms with E-state index >= 15 is 0 Å². The Labute approximate surface area is 119 Å². The molecule has 2 aromatic rings. The zero-order chi connectivity index (χ0) is 14.0. The fraction of sp³-hybridized carbons (Fsp3) is 0.143. The zero-order valence-electron chi connectivity index (χ0n) is 9.71. The molecule has 0 aliphatic rings. The average molecular weight is 303 g/mol. The van der Waals surface area contributed by atoms with Gasteiger partial charge in [-0.05, 0) is 35.9 Å². The maximum absolute atomic E-state index is 13.5. The molecule has 2 rings (SSSR count). The first-order valence-electron chi connectivity index (χ1n) is 5.55. The Kier molecular flexibility index (Phi) is 4.40. The van der Waals surface area contributed by atoms with E-state index in [0.717, 1.165) is 18.2 Å². The molecular weight excluding hydrogens is 293 g/mol. The minimum absolute atomic E-state index is 0.0128. The summed E-state index contributed by atoms with van der Waals surface area (Å²) < 4.78 is 26.6. The lowest BCUT2D eigenvalue weighted by Crippen LogP contribution is -2.06. The molecule has 1 nitrogen and oxygen atoms in total. The molecule has 0 heterocycles. The minimum Gasteiger partial charge on any atom is -0.388 e. The SMILES string of the molecule is OC(Cc1c(Cl)cccc1Cl)c1cc(F)ccc1F. The molecule has 19 heavy (non-hydrogen) atoms. The van der Waals surface area contributed by atoms with Gasteiger partial charge in [0.05, 0.1) is 6.10 Å². The molecule has 0 aromatic heterocycles. The normalized spacial score (nSPS) is 12.5. The van der Waals surface area contributed by atoms with Crippen LogP contribution in [0.3, 0.4) is 0 Å². The van der Waals surface area contributed by atoms with Crippen molar-refractivity contribution in [3.63, 3.8) is 0 Å². The smallest absolute Gasteiger partial charge is 0.129 e. The summed E-state index contributed by atoms with van der Waals surface area (Å²) in [6.07, 6.45) is -1.20. The molecule has 0 aliphatic heterocycles. The lowest BCUT2D eigenvalue weighted by atomic mass is 10.0. The number of hydrogen-bond acceptors (Lipinski definition) is 1. The van der Waals surface area contributed by atoms with Gasteiger partial charge in [-0.15, -0.1) is 0 Å². The van der Waals surface area contributed by atoms with Crippen LogP contribution in [0.5, 0.6) is 0 Å². The van der Waals surface area contributed by atoms with Gasteiger partial charge >= 0.3 is 0 Å². The molecule has 100 valence electrons. The maximum Gasteiger partial charge on any atom is 0.129 e. The standard InChI is InChI=1S/C14H10Cl2F2O/c15-11-2-1-3-12(16)9(11)7-14(19)10-6-8(17)4-5-13(10)18/h1-6,14,19H,7H2. The summed E-state index contributed by atoms with van der Waals surface area (Å²) in [6.45, 7) is 0. The van der Waals surface area contributed by atoms with Crippen molar-refractivity contribution in [1.29, 1.82) is 0 Å². The monoisotopic (exact) mass is 302 g/mol. The van der Waals surface area contributed by atoms with Crippen LogP contribution in [0.2, 0.25) is 10.0 Å². The Bertz CT molecular complexity index is 582. The van der Waals surface area contributed by atoms with Gasteiger partial charge in [-0.2, -0.15) is 0 Å². The second kappa shape index (κ2) is 5.87. The quantitative estimate of drug-likeness (QED) is 0.882. The van der Waals surface area contributed by atoms with Gasteiger partial charge in [0.1, 0.15) is 11.6 Å². The van der Waals surface area contributed by atoms with Gasteiger partial charge in [0.2, 0.25) is 0 Å². The highest BCUT2D eigenvalue weighted by Gasteiger charge is 2.17. The summed E-state index contributed by atoms with van der Waals surface area (Å²) in [5.74, 6) is -1.28. The van der Waals surface area contributed by atoms with Crippen molar-refractivity contribution in [1.82, 2.24) is 0 Å². The largest absolute Gasteiger partial charge is 0.388 e. The summed E-state index contributed by atoms with van der Waals surface area (Å²) in [5.41, 5.74) is 0.387. The molecule has 0 saturated heterocycles. The number of hydrogen-bond donors (Lipinski definition) is 1. The first kappa shape index (κ1) is 14.3. The molecule has 0 bridgehead atoms. The number of benzene rings is 2. The van der Waals surface area contributed by atoms with E-state index in [9.17, 15) is 13.9 Å². The summed E-state index contributed by atoms with van der Waals surface area (Å²) >= 11 is 11.9. The molecule has 1 unspecified atom stereocenters. The van der Waals surface area contributed by atoms with Crippen LogP contribution in [0.25, 0.3) is 0 Å². The Balaban J connectivity index is 2.31. The van der Waals surface area contributed by atoms with Gasteiger partial charge in [0, 0.05) is 22.0 Å². The fourth-order valence-electron chi connectivity index (χ4n) is 1.80. The predicted molar refractivity (Wildman–Crippen MR) is 71.5 cm³/mol. The van der Waals surface area contributed by atoms with Crippen molar-refractivity contribution in [3.05, 3.63) is 69.2 Å². The van der Waals surface area contributed by atoms with E-state index in [1.54, 1.807) is 18.2 Å². The molecule has 0 aliphatic carbocycles. The third-order valence-electron chi connectivity index (χ3n) is 2.78. The topological polar surface area (TPSA) is 20.2 Å². The van der Waals surface area contributed by atoms with E-state index in [-0.39, 0.29) is 12.0 Å². The van der Waals surface area contributed by atoms with E-state index in [4.69, 9.17) is 23.2 Å². The Hall–Kier alpha value is -1.16. The number of halogens is 4. The molecular formula is C14H10Cl2F2O. The van der Waals surface area contributed by atoms with Crippen LogP contribution in [-0.4, -0.2) is 5.11 Å².